The number of rotatable bonds is 8. The minimum absolute atomic E-state index is 0. The molecule has 0 spiro atoms. The van der Waals surface area contributed by atoms with Crippen LogP contribution in [0, 0.1) is 0 Å². The van der Waals surface area contributed by atoms with Crippen molar-refractivity contribution in [2.45, 2.75) is 0 Å². The van der Waals surface area contributed by atoms with Crippen LogP contribution in [-0.2, 0) is 0 Å². The topological polar surface area (TPSA) is 179 Å². The van der Waals surface area contributed by atoms with Gasteiger partial charge in [0, 0.05) is 42.6 Å². The number of aromatic carboxylic acids is 4. The summed E-state index contributed by atoms with van der Waals surface area (Å²) in [4.78, 5) is 44.5. The molecular formula is C28H18Cl4N2O8. The highest BCUT2D eigenvalue weighted by molar-refractivity contribution is 6.32. The van der Waals surface area contributed by atoms with Gasteiger partial charge in [-0.05, 0) is 72.8 Å². The molecule has 4 aromatic rings. The van der Waals surface area contributed by atoms with Crippen molar-refractivity contribution in [1.29, 1.82) is 0 Å². The van der Waals surface area contributed by atoms with Gasteiger partial charge < -0.3 is 40.6 Å². The predicted octanol–water partition coefficient (Wildman–Crippen LogP) is 5.82. The van der Waals surface area contributed by atoms with Gasteiger partial charge in [0.15, 0.2) is 0 Å². The Hall–Kier alpha value is -4.48. The van der Waals surface area contributed by atoms with Gasteiger partial charge in [0.25, 0.3) is 0 Å². The Balaban J connectivity index is 0.000000421. The summed E-state index contributed by atoms with van der Waals surface area (Å²) in [5.41, 5.74) is 0.151. The number of hydrogen-bond acceptors (Lipinski definition) is 8. The van der Waals surface area contributed by atoms with Gasteiger partial charge in [0.1, 0.15) is 0 Å². The number of halogens is 4. The molecule has 4 N–H and O–H groups in total. The minimum Gasteiger partial charge on any atom is -0.545 e. The first-order chi connectivity index (χ1) is 19.8. The molecule has 0 heterocycles. The summed E-state index contributed by atoms with van der Waals surface area (Å²) < 4.78 is 0. The Kier molecular flexibility index (Phi) is 10.6. The molecule has 0 amide bonds. The summed E-state index contributed by atoms with van der Waals surface area (Å²) in [7, 11) is 0. The van der Waals surface area contributed by atoms with Crippen LogP contribution in [0.1, 0.15) is 44.3 Å². The maximum atomic E-state index is 11.2. The maximum Gasteiger partial charge on any atom is 1.00 e. The summed E-state index contributed by atoms with van der Waals surface area (Å²) in [5.74, 6) is -5.17. The fourth-order valence-corrected chi connectivity index (χ4v) is 4.19. The zero-order valence-electron chi connectivity index (χ0n) is 22.8. The number of anilines is 4. The minimum atomic E-state index is -1.41. The first-order valence-electron chi connectivity index (χ1n) is 11.4. The lowest BCUT2D eigenvalue weighted by Crippen LogP contribution is -2.23. The van der Waals surface area contributed by atoms with Crippen molar-refractivity contribution >= 4 is 93.0 Å². The number of carboxylic acids is 4. The van der Waals surface area contributed by atoms with E-state index in [1.807, 2.05) is 0 Å². The highest BCUT2D eigenvalue weighted by atomic mass is 35.5. The van der Waals surface area contributed by atoms with E-state index in [0.717, 1.165) is 0 Å². The smallest absolute Gasteiger partial charge is 0.545 e. The van der Waals surface area contributed by atoms with E-state index in [1.54, 1.807) is 0 Å². The van der Waals surface area contributed by atoms with Crippen molar-refractivity contribution in [1.82, 2.24) is 0 Å². The van der Waals surface area contributed by atoms with Crippen LogP contribution in [0.2, 0.25) is 20.1 Å². The van der Waals surface area contributed by atoms with Crippen LogP contribution < -0.4 is 20.8 Å². The Morgan fingerprint density at radius 3 is 0.976 bits per heavy atom. The van der Waals surface area contributed by atoms with E-state index >= 15 is 0 Å². The van der Waals surface area contributed by atoms with Gasteiger partial charge in [0.2, 0.25) is 0 Å². The second-order valence-electron chi connectivity index (χ2n) is 8.19. The molecule has 0 aliphatic rings. The lowest BCUT2D eigenvalue weighted by atomic mass is 10.1. The Labute approximate surface area is 260 Å². The molecule has 42 heavy (non-hydrogen) atoms. The molecule has 216 valence electrons. The molecule has 10 nitrogen and oxygen atoms in total. The number of carbonyl (C=O) groups excluding carboxylic acids is 2. The Morgan fingerprint density at radius 2 is 0.738 bits per heavy atom. The van der Waals surface area contributed by atoms with Crippen molar-refractivity contribution in [2.24, 2.45) is 0 Å². The molecule has 0 unspecified atom stereocenters. The molecule has 0 fully saturated rings. The van der Waals surface area contributed by atoms with Gasteiger partial charge >= 0.3 is 14.8 Å². The molecule has 0 radical (unpaired) electrons. The van der Waals surface area contributed by atoms with E-state index in [1.165, 1.54) is 72.8 Å². The fourth-order valence-electron chi connectivity index (χ4n) is 3.50. The van der Waals surface area contributed by atoms with Crippen molar-refractivity contribution in [3.63, 3.8) is 0 Å². The number of carboxylic acid groups (broad SMARTS) is 4. The quantitative estimate of drug-likeness (QED) is 0.181. The van der Waals surface area contributed by atoms with Crippen LogP contribution in [-0.4, -0.2) is 34.1 Å². The van der Waals surface area contributed by atoms with Gasteiger partial charge in [-0.2, -0.15) is 0 Å². The first-order valence-corrected chi connectivity index (χ1v) is 12.9. The van der Waals surface area contributed by atoms with Gasteiger partial charge in [0.05, 0.1) is 34.4 Å². The standard InChI is InChI=1S/2C14H9Cl2NO4/c2*15-7-1-3-9(13(18)19)11(5-7)17-12-6-8(16)2-4-10(12)14(20)21/h2*1-6,17H,(H,18,19)(H,20,21). The van der Waals surface area contributed by atoms with E-state index in [-0.39, 0.29) is 47.9 Å². The summed E-state index contributed by atoms with van der Waals surface area (Å²) >= 11 is 23.3. The lowest BCUT2D eigenvalue weighted by molar-refractivity contribution is -0.256. The summed E-state index contributed by atoms with van der Waals surface area (Å²) in [5, 5.41) is 47.0. The second-order valence-corrected chi connectivity index (χ2v) is 9.94. The van der Waals surface area contributed by atoms with Crippen molar-refractivity contribution in [3.8, 4) is 0 Å². The summed E-state index contributed by atoms with van der Waals surface area (Å²) in [6.45, 7) is 0. The zero-order valence-corrected chi connectivity index (χ0v) is 23.8. The SMILES string of the molecule is O=C([O-])c1ccc(Cl)cc1Nc1cc(Cl)ccc1C(=O)O.O=C([O-])c1ccc(Cl)cc1Nc1cc(Cl)ccc1C(=O)O.[H+].[H+]. The van der Waals surface area contributed by atoms with Crippen LogP contribution in [0.5, 0.6) is 0 Å². The van der Waals surface area contributed by atoms with Crippen LogP contribution in [0.25, 0.3) is 0 Å². The van der Waals surface area contributed by atoms with E-state index in [2.05, 4.69) is 10.6 Å². The predicted molar refractivity (Wildman–Crippen MR) is 157 cm³/mol. The highest BCUT2D eigenvalue weighted by Crippen LogP contribution is 2.30. The average molecular weight is 652 g/mol. The highest BCUT2D eigenvalue weighted by Gasteiger charge is 2.14. The maximum absolute atomic E-state index is 11.2. The molecule has 0 saturated heterocycles. The van der Waals surface area contributed by atoms with E-state index in [0.29, 0.717) is 20.1 Å². The molecule has 0 atom stereocenters. The monoisotopic (exact) mass is 650 g/mol. The zero-order chi connectivity index (χ0) is 31.1. The van der Waals surface area contributed by atoms with Crippen molar-refractivity contribution < 1.29 is 42.5 Å². The van der Waals surface area contributed by atoms with E-state index in [9.17, 15) is 29.4 Å². The van der Waals surface area contributed by atoms with Crippen molar-refractivity contribution in [3.05, 3.63) is 115 Å². The van der Waals surface area contributed by atoms with Gasteiger partial charge in [-0.25, -0.2) is 9.59 Å². The molecule has 0 saturated carbocycles. The average Bonchev–Trinajstić information content (AvgIpc) is 2.88. The molecule has 0 aliphatic carbocycles. The molecule has 0 aliphatic heterocycles. The van der Waals surface area contributed by atoms with Gasteiger partial charge in [-0.1, -0.05) is 46.4 Å². The lowest BCUT2D eigenvalue weighted by Gasteiger charge is -2.15. The Morgan fingerprint density at radius 1 is 0.500 bits per heavy atom. The third-order valence-electron chi connectivity index (χ3n) is 5.37. The molecule has 14 heteroatoms. The molecule has 0 bridgehead atoms. The summed E-state index contributed by atoms with van der Waals surface area (Å²) in [6.07, 6.45) is 0. The van der Waals surface area contributed by atoms with Crippen LogP contribution in [0.4, 0.5) is 22.7 Å². The third kappa shape index (κ3) is 8.27. The molecular weight excluding hydrogens is 634 g/mol. The number of hydrogen-bond donors (Lipinski definition) is 4. The second kappa shape index (κ2) is 13.9. The van der Waals surface area contributed by atoms with Gasteiger partial charge in [-0.15, -0.1) is 0 Å². The Bertz CT molecular complexity index is 1480. The van der Waals surface area contributed by atoms with Gasteiger partial charge in [-0.3, -0.25) is 0 Å². The largest absolute Gasteiger partial charge is 1.00 e. The van der Waals surface area contributed by atoms with Crippen LogP contribution in [0.15, 0.2) is 72.8 Å². The fraction of sp³-hybridized carbons (Fsp3) is 0. The van der Waals surface area contributed by atoms with Crippen LogP contribution >= 0.6 is 46.4 Å². The van der Waals surface area contributed by atoms with E-state index < -0.39 is 23.9 Å². The van der Waals surface area contributed by atoms with E-state index in [4.69, 9.17) is 56.6 Å². The molecule has 0 aromatic heterocycles. The molecule has 4 rings (SSSR count). The molecule has 4 aromatic carbocycles. The van der Waals surface area contributed by atoms with Crippen molar-refractivity contribution in [2.75, 3.05) is 10.6 Å². The first kappa shape index (κ1) is 32.0. The number of carbonyl (C=O) groups is 4. The number of nitrogens with one attached hydrogen (secondary N) is 2. The number of benzene rings is 4. The third-order valence-corrected chi connectivity index (χ3v) is 6.31. The summed E-state index contributed by atoms with van der Waals surface area (Å²) in [6, 6.07) is 16.3. The van der Waals surface area contributed by atoms with Crippen LogP contribution in [0.3, 0.4) is 0 Å². The normalized spacial score (nSPS) is 10.2.